The molecule has 0 aliphatic carbocycles. The van der Waals surface area contributed by atoms with E-state index in [2.05, 4.69) is 14.7 Å². The van der Waals surface area contributed by atoms with E-state index in [1.54, 1.807) is 0 Å². The Morgan fingerprint density at radius 2 is 1.76 bits per heavy atom. The van der Waals surface area contributed by atoms with Crippen LogP contribution in [0.2, 0.25) is 0 Å². The van der Waals surface area contributed by atoms with Crippen LogP contribution in [-0.2, 0) is 0 Å². The highest BCUT2D eigenvalue weighted by Crippen LogP contribution is 2.29. The lowest BCUT2D eigenvalue weighted by Gasteiger charge is -2.10. The number of hydrogen-bond donors (Lipinski definition) is 4. The molecule has 0 heterocycles. The van der Waals surface area contributed by atoms with Crippen LogP contribution in [0.3, 0.4) is 0 Å². The van der Waals surface area contributed by atoms with E-state index in [0.29, 0.717) is 0 Å². The fourth-order valence-corrected chi connectivity index (χ4v) is 1.29. The average Bonchev–Trinajstić information content (AvgIpc) is 2.24. The van der Waals surface area contributed by atoms with E-state index < -0.39 is 29.9 Å². The number of amides is 1. The number of carbonyl (C=O) groups excluding carboxylic acids is 1. The largest absolute Gasteiger partial charge is 0.573 e. The molecular weight excluding hydrogens is 293 g/mol. The summed E-state index contributed by atoms with van der Waals surface area (Å²) in [7, 11) is 0. The van der Waals surface area contributed by atoms with Crippen molar-refractivity contribution < 1.29 is 22.7 Å². The van der Waals surface area contributed by atoms with Gasteiger partial charge in [-0.1, -0.05) is 0 Å². The molecule has 114 valence electrons. The minimum Gasteiger partial charge on any atom is -0.406 e. The zero-order valence-corrected chi connectivity index (χ0v) is 10.4. The van der Waals surface area contributed by atoms with Crippen LogP contribution < -0.4 is 27.7 Å². The Morgan fingerprint density at radius 3 is 2.24 bits per heavy atom. The van der Waals surface area contributed by atoms with Gasteiger partial charge in [0.2, 0.25) is 5.96 Å². The molecule has 0 unspecified atom stereocenters. The first-order valence-corrected chi connectivity index (χ1v) is 5.22. The molecule has 1 amide bonds. The molecule has 0 bridgehead atoms. The number of guanidine groups is 2. The van der Waals surface area contributed by atoms with Gasteiger partial charge in [-0.25, -0.2) is 4.99 Å². The number of nitrogens with two attached hydrogens (primary N) is 4. The first kappa shape index (κ1) is 16.1. The highest BCUT2D eigenvalue weighted by atomic mass is 19.4. The first-order valence-electron chi connectivity index (χ1n) is 5.22. The van der Waals surface area contributed by atoms with Gasteiger partial charge in [0.1, 0.15) is 5.75 Å². The highest BCUT2D eigenvalue weighted by molar-refractivity contribution is 6.00. The van der Waals surface area contributed by atoms with Gasteiger partial charge in [0.05, 0.1) is 11.3 Å². The minimum atomic E-state index is -4.90. The van der Waals surface area contributed by atoms with E-state index in [4.69, 9.17) is 22.9 Å². The topological polar surface area (TPSA) is 155 Å². The van der Waals surface area contributed by atoms with E-state index >= 15 is 0 Å². The fraction of sp³-hybridized carbons (Fsp3) is 0.100. The van der Waals surface area contributed by atoms with Gasteiger partial charge >= 0.3 is 6.36 Å². The smallest absolute Gasteiger partial charge is 0.406 e. The van der Waals surface area contributed by atoms with E-state index in [0.717, 1.165) is 18.2 Å². The summed E-state index contributed by atoms with van der Waals surface area (Å²) in [6.07, 6.45) is -4.90. The van der Waals surface area contributed by atoms with Crippen molar-refractivity contribution in [3.63, 3.8) is 0 Å². The van der Waals surface area contributed by atoms with E-state index in [-0.39, 0.29) is 11.3 Å². The average molecular weight is 304 g/mol. The molecule has 0 spiro atoms. The maximum Gasteiger partial charge on any atom is 0.573 e. The summed E-state index contributed by atoms with van der Waals surface area (Å²) in [4.78, 5) is 18.2. The van der Waals surface area contributed by atoms with Gasteiger partial charge in [0, 0.05) is 6.07 Å². The molecular formula is C10H11F3N6O2. The second-order valence-electron chi connectivity index (χ2n) is 3.60. The van der Waals surface area contributed by atoms with Crippen LogP contribution in [0.5, 0.6) is 5.75 Å². The fourth-order valence-electron chi connectivity index (χ4n) is 1.29. The van der Waals surface area contributed by atoms with Crippen molar-refractivity contribution in [2.24, 2.45) is 32.9 Å². The number of carbonyl (C=O) groups is 1. The van der Waals surface area contributed by atoms with Gasteiger partial charge in [0.25, 0.3) is 5.91 Å². The third-order valence-electron chi connectivity index (χ3n) is 1.95. The van der Waals surface area contributed by atoms with E-state index in [9.17, 15) is 18.0 Å². The van der Waals surface area contributed by atoms with Crippen molar-refractivity contribution in [3.05, 3.63) is 23.8 Å². The second-order valence-corrected chi connectivity index (χ2v) is 3.60. The van der Waals surface area contributed by atoms with Crippen LogP contribution in [0.15, 0.2) is 28.2 Å². The predicted molar refractivity (Wildman–Crippen MR) is 68.7 cm³/mol. The molecule has 21 heavy (non-hydrogen) atoms. The van der Waals surface area contributed by atoms with Crippen LogP contribution >= 0.6 is 0 Å². The number of ether oxygens (including phenoxy) is 1. The van der Waals surface area contributed by atoms with Gasteiger partial charge in [-0.05, 0) is 12.1 Å². The third-order valence-corrected chi connectivity index (χ3v) is 1.95. The Hall–Kier alpha value is -2.98. The number of rotatable bonds is 3. The monoisotopic (exact) mass is 304 g/mol. The Morgan fingerprint density at radius 1 is 1.14 bits per heavy atom. The van der Waals surface area contributed by atoms with Crippen molar-refractivity contribution in [1.29, 1.82) is 0 Å². The molecule has 0 aliphatic rings. The van der Waals surface area contributed by atoms with Gasteiger partial charge < -0.3 is 27.7 Å². The lowest BCUT2D eigenvalue weighted by atomic mass is 10.1. The van der Waals surface area contributed by atoms with E-state index in [1.165, 1.54) is 0 Å². The molecule has 0 atom stereocenters. The van der Waals surface area contributed by atoms with Crippen molar-refractivity contribution in [2.45, 2.75) is 6.36 Å². The van der Waals surface area contributed by atoms with E-state index in [1.807, 2.05) is 0 Å². The summed E-state index contributed by atoms with van der Waals surface area (Å²) in [5, 5.41) is 0. The Bertz CT molecular complexity index is 607. The molecule has 1 aromatic carbocycles. The maximum atomic E-state index is 12.1. The molecule has 0 saturated carbocycles. The number of benzene rings is 1. The van der Waals surface area contributed by atoms with Crippen LogP contribution in [0.4, 0.5) is 18.9 Å². The molecule has 0 fully saturated rings. The van der Waals surface area contributed by atoms with Crippen molar-refractivity contribution >= 4 is 23.5 Å². The lowest BCUT2D eigenvalue weighted by molar-refractivity contribution is -0.274. The number of primary amides is 1. The standard InChI is InChI=1S/C10H11F3N6O2/c11-10(12,13)21-4-1-2-5(7(14)20)6(3-4)18-9(17)19-8(15)16/h1-3H,(H2,14,20)(H6,15,16,17,18,19). The quantitative estimate of drug-likeness (QED) is 0.453. The zero-order valence-electron chi connectivity index (χ0n) is 10.4. The summed E-state index contributed by atoms with van der Waals surface area (Å²) >= 11 is 0. The molecule has 8 nitrogen and oxygen atoms in total. The summed E-state index contributed by atoms with van der Waals surface area (Å²) in [6.45, 7) is 0. The molecule has 1 aromatic rings. The number of alkyl halides is 3. The van der Waals surface area contributed by atoms with Crippen molar-refractivity contribution in [1.82, 2.24) is 0 Å². The molecule has 0 aliphatic heterocycles. The molecule has 11 heteroatoms. The number of hydrogen-bond acceptors (Lipinski definition) is 3. The normalized spacial score (nSPS) is 11.9. The van der Waals surface area contributed by atoms with Gasteiger partial charge in [-0.15, -0.1) is 13.2 Å². The predicted octanol–water partition coefficient (Wildman–Crippen LogP) is -0.0963. The highest BCUT2D eigenvalue weighted by Gasteiger charge is 2.31. The molecule has 0 aromatic heterocycles. The Balaban J connectivity index is 3.28. The molecule has 1 rings (SSSR count). The van der Waals surface area contributed by atoms with Crippen LogP contribution in [0.25, 0.3) is 0 Å². The van der Waals surface area contributed by atoms with Gasteiger partial charge in [0.15, 0.2) is 5.96 Å². The lowest BCUT2D eigenvalue weighted by Crippen LogP contribution is -2.26. The van der Waals surface area contributed by atoms with Crippen molar-refractivity contribution in [3.8, 4) is 5.75 Å². The van der Waals surface area contributed by atoms with Crippen LogP contribution in [-0.4, -0.2) is 24.2 Å². The van der Waals surface area contributed by atoms with Crippen LogP contribution in [0, 0.1) is 0 Å². The summed E-state index contributed by atoms with van der Waals surface area (Å²) < 4.78 is 40.1. The Labute approximate surface area is 116 Å². The zero-order chi connectivity index (χ0) is 16.2. The van der Waals surface area contributed by atoms with Gasteiger partial charge in [-0.2, -0.15) is 4.99 Å². The summed E-state index contributed by atoms with van der Waals surface area (Å²) in [5.41, 5.74) is 20.1. The van der Waals surface area contributed by atoms with Crippen molar-refractivity contribution in [2.75, 3.05) is 0 Å². The second kappa shape index (κ2) is 5.98. The third kappa shape index (κ3) is 5.26. The number of aliphatic imine (C=N–C) groups is 2. The first-order chi connectivity index (χ1) is 9.58. The van der Waals surface area contributed by atoms with Crippen LogP contribution in [0.1, 0.15) is 10.4 Å². The van der Waals surface area contributed by atoms with Gasteiger partial charge in [-0.3, -0.25) is 4.79 Å². The minimum absolute atomic E-state index is 0.182. The summed E-state index contributed by atoms with van der Waals surface area (Å²) in [5.74, 6) is -2.42. The Kier molecular flexibility index (Phi) is 4.58. The number of nitrogens with zero attached hydrogens (tertiary/aromatic N) is 2. The molecule has 0 radical (unpaired) electrons. The summed E-state index contributed by atoms with van der Waals surface area (Å²) in [6, 6.07) is 2.73. The SMILES string of the molecule is NC(=O)c1ccc(OC(F)(F)F)cc1N=C(N)N=C(N)N. The molecule has 8 N–H and O–H groups in total. The molecule has 0 saturated heterocycles. The maximum absolute atomic E-state index is 12.1. The number of halogens is 3.